The number of aliphatic imine (C=N–C) groups is 2. The number of H-pyrrole nitrogens is 2. The number of allylic oxidation sites excluding steroid dienone is 2. The van der Waals surface area contributed by atoms with Gasteiger partial charge in [0.15, 0.2) is 0 Å². The lowest BCUT2D eigenvalue weighted by Gasteiger charge is -2.32. The minimum Gasteiger partial charge on any atom is -0.383 e. The molecule has 0 radical (unpaired) electrons. The molecule has 436 valence electrons. The molecule has 6 aromatic rings. The topological polar surface area (TPSA) is 175 Å². The number of aliphatic hydroxyl groups excluding tert-OH is 2. The average Bonchev–Trinajstić information content (AvgIpc) is 4.59. The highest BCUT2D eigenvalue weighted by molar-refractivity contribution is 6.04. The monoisotopic (exact) mass is 1130 g/mol. The number of aliphatic hydroxyl groups is 2. The highest BCUT2D eigenvalue weighted by Crippen LogP contribution is 2.39. The molecular formula is C71H83N9O4. The second kappa shape index (κ2) is 25.7. The molecule has 8 aliphatic rings. The van der Waals surface area contributed by atoms with Crippen molar-refractivity contribution in [3.8, 4) is 44.8 Å². The average molecular weight is 1130 g/mol. The van der Waals surface area contributed by atoms with E-state index in [2.05, 4.69) is 124 Å². The lowest BCUT2D eigenvalue weighted by molar-refractivity contribution is -0.145. The molecule has 13 nitrogen and oxygen atoms in total. The van der Waals surface area contributed by atoms with Crippen LogP contribution < -0.4 is 5.32 Å². The molecule has 5 aliphatic heterocycles. The second-order valence-corrected chi connectivity index (χ2v) is 25.3. The highest BCUT2D eigenvalue weighted by Gasteiger charge is 2.40. The van der Waals surface area contributed by atoms with E-state index in [-0.39, 0.29) is 35.7 Å². The maximum absolute atomic E-state index is 13.4. The zero-order valence-corrected chi connectivity index (χ0v) is 48.7. The van der Waals surface area contributed by atoms with Crippen molar-refractivity contribution >= 4 is 34.4 Å². The number of aromatic nitrogens is 4. The summed E-state index contributed by atoms with van der Waals surface area (Å²) in [7, 11) is 0. The van der Waals surface area contributed by atoms with Gasteiger partial charge >= 0.3 is 0 Å². The quantitative estimate of drug-likeness (QED) is 0.0721. The first kappa shape index (κ1) is 56.1. The Balaban J connectivity index is 0.000000175. The number of aromatic amines is 2. The van der Waals surface area contributed by atoms with Crippen LogP contribution in [0, 0.1) is 11.8 Å². The van der Waals surface area contributed by atoms with E-state index in [0.717, 1.165) is 153 Å². The van der Waals surface area contributed by atoms with Crippen LogP contribution in [-0.4, -0.2) is 107 Å². The van der Waals surface area contributed by atoms with E-state index in [1.165, 1.54) is 84.9 Å². The van der Waals surface area contributed by atoms with Gasteiger partial charge in [-0.3, -0.25) is 19.6 Å². The van der Waals surface area contributed by atoms with Crippen LogP contribution in [0.15, 0.2) is 132 Å². The molecule has 13 heteroatoms. The third kappa shape index (κ3) is 12.2. The van der Waals surface area contributed by atoms with Gasteiger partial charge < -0.3 is 35.3 Å². The summed E-state index contributed by atoms with van der Waals surface area (Å²) < 4.78 is 0. The fraction of sp³-hybridized carbons (Fsp3) is 0.465. The van der Waals surface area contributed by atoms with Crippen molar-refractivity contribution in [2.24, 2.45) is 21.8 Å². The molecule has 5 N–H and O–H groups in total. The predicted molar refractivity (Wildman–Crippen MR) is 335 cm³/mol. The molecular weight excluding hydrogens is 1040 g/mol. The number of hydrogen-bond acceptors (Lipinski definition) is 9. The van der Waals surface area contributed by atoms with Crippen molar-refractivity contribution in [1.29, 1.82) is 0 Å². The Morgan fingerprint density at radius 3 is 1.36 bits per heavy atom. The molecule has 14 rings (SSSR count). The van der Waals surface area contributed by atoms with Crippen LogP contribution in [0.2, 0.25) is 0 Å². The minimum absolute atomic E-state index is 0.0260. The number of rotatable bonds is 14. The van der Waals surface area contributed by atoms with E-state index >= 15 is 0 Å². The number of hydrogen-bond donors (Lipinski definition) is 5. The molecule has 6 fully saturated rings. The molecule has 5 atom stereocenters. The Morgan fingerprint density at radius 1 is 0.440 bits per heavy atom. The Kier molecular flexibility index (Phi) is 17.1. The third-order valence-corrected chi connectivity index (χ3v) is 20.0. The van der Waals surface area contributed by atoms with Gasteiger partial charge in [0.2, 0.25) is 0 Å². The molecule has 3 saturated heterocycles. The number of benzene rings is 4. The predicted octanol–water partition coefficient (Wildman–Crippen LogP) is 13.8. The van der Waals surface area contributed by atoms with Crippen LogP contribution in [0.1, 0.15) is 176 Å². The molecule has 3 aliphatic carbocycles. The second-order valence-electron chi connectivity index (χ2n) is 25.3. The van der Waals surface area contributed by atoms with Crippen LogP contribution in [0.3, 0.4) is 0 Å². The van der Waals surface area contributed by atoms with Gasteiger partial charge in [-0.2, -0.15) is 0 Å². The van der Waals surface area contributed by atoms with Gasteiger partial charge in [0, 0.05) is 61.7 Å². The first-order valence-corrected chi connectivity index (χ1v) is 32.0. The molecule has 0 bridgehead atoms. The minimum atomic E-state index is -0.913. The van der Waals surface area contributed by atoms with Gasteiger partial charge in [-0.25, -0.2) is 9.97 Å². The van der Waals surface area contributed by atoms with Gasteiger partial charge in [-0.05, 0) is 151 Å². The standard InChI is InChI=1S/C43H53N5O4.C28H30N4/c49-39(32-9-3-1-4-10-32)42(51)47-23-7-13-37(47)35-25-34(26-44-35)30-17-15-28(16-18-30)29-19-21-31(22-20-29)36-27-45-41(46-36)38-14-8-24-48(38)43(52)40(50)33-11-5-2-6-12-33;1-2-5-23(4-1)28-31-18-27(32-28)22-13-11-20(12-14-22)19-7-9-21(10-8-19)24-16-26(30-17-24)25-6-3-15-29-25/h15-22,26-27,32-33,37-40,49-50H,1-14,23-25H2,(H,45,46);7-14,17-18,23,25,29H,1-6,15-16H2,(H,31,32)/t37-,38-,39-,40-;25-/m00/s1. The van der Waals surface area contributed by atoms with Crippen molar-refractivity contribution in [2.75, 3.05) is 19.6 Å². The van der Waals surface area contributed by atoms with E-state index in [1.54, 1.807) is 0 Å². The van der Waals surface area contributed by atoms with E-state index in [4.69, 9.17) is 15.0 Å². The molecule has 2 aromatic heterocycles. The fourth-order valence-electron chi connectivity index (χ4n) is 14.9. The molecule has 4 aromatic carbocycles. The van der Waals surface area contributed by atoms with E-state index in [1.807, 2.05) is 28.4 Å². The van der Waals surface area contributed by atoms with Gasteiger partial charge in [0.25, 0.3) is 11.8 Å². The lowest BCUT2D eigenvalue weighted by Crippen LogP contribution is -2.47. The summed E-state index contributed by atoms with van der Waals surface area (Å²) in [4.78, 5) is 56.4. The molecule has 2 amide bonds. The van der Waals surface area contributed by atoms with Crippen molar-refractivity contribution in [2.45, 2.75) is 178 Å². The summed E-state index contributed by atoms with van der Waals surface area (Å²) in [6.45, 7) is 2.48. The third-order valence-electron chi connectivity index (χ3n) is 20.0. The molecule has 0 spiro atoms. The Hall–Kier alpha value is -7.06. The van der Waals surface area contributed by atoms with Gasteiger partial charge in [-0.15, -0.1) is 0 Å². The lowest BCUT2D eigenvalue weighted by atomic mass is 9.84. The number of nitrogens with one attached hydrogen (secondary N) is 3. The van der Waals surface area contributed by atoms with E-state index < -0.39 is 12.2 Å². The van der Waals surface area contributed by atoms with E-state index in [9.17, 15) is 19.8 Å². The number of imidazole rings is 2. The zero-order chi connectivity index (χ0) is 56.9. The Morgan fingerprint density at radius 2 is 0.857 bits per heavy atom. The van der Waals surface area contributed by atoms with Crippen LogP contribution in [-0.2, 0) is 9.59 Å². The summed E-state index contributed by atoms with van der Waals surface area (Å²) in [5.74, 6) is 2.48. The highest BCUT2D eigenvalue weighted by atomic mass is 16.3. The molecule has 84 heavy (non-hydrogen) atoms. The smallest absolute Gasteiger partial charge is 0.252 e. The van der Waals surface area contributed by atoms with E-state index in [0.29, 0.717) is 25.0 Å². The summed E-state index contributed by atoms with van der Waals surface area (Å²) in [5.41, 5.74) is 16.2. The first-order chi connectivity index (χ1) is 41.3. The first-order valence-electron chi connectivity index (χ1n) is 32.0. The maximum Gasteiger partial charge on any atom is 0.252 e. The van der Waals surface area contributed by atoms with Crippen LogP contribution in [0.25, 0.3) is 55.9 Å². The number of amides is 2. The SMILES string of the molecule is C1=C(c2ccc(-c3ccc(-c4cnc(C5CCCC5)[nH]4)cc3)cc2)CC([C@@H]2CCCN2)=N1.O=C([C@@H](O)C1CCCCC1)N1CCC[C@H]1C1=NC=C(c2ccc(-c3ccc(-c4cnc([C@@H]5CCCN5C(=O)[C@@H](O)C5CCCCC5)[nH]4)cc3)cc2)C1. The summed E-state index contributed by atoms with van der Waals surface area (Å²) in [5, 5.41) is 25.4. The molecule has 7 heterocycles. The zero-order valence-electron chi connectivity index (χ0n) is 48.7. The van der Waals surface area contributed by atoms with Crippen LogP contribution >= 0.6 is 0 Å². The number of carbonyl (C=O) groups is 2. The van der Waals surface area contributed by atoms with Crippen molar-refractivity contribution in [3.63, 3.8) is 0 Å². The molecule has 3 saturated carbocycles. The van der Waals surface area contributed by atoms with Crippen LogP contribution in [0.4, 0.5) is 0 Å². The number of nitrogens with zero attached hydrogens (tertiary/aromatic N) is 6. The maximum atomic E-state index is 13.4. The van der Waals surface area contributed by atoms with Gasteiger partial charge in [0.1, 0.15) is 23.9 Å². The summed E-state index contributed by atoms with van der Waals surface area (Å²) >= 11 is 0. The van der Waals surface area contributed by atoms with Crippen molar-refractivity contribution in [3.05, 3.63) is 145 Å². The van der Waals surface area contributed by atoms with Gasteiger partial charge in [-0.1, -0.05) is 148 Å². The van der Waals surface area contributed by atoms with Crippen molar-refractivity contribution < 1.29 is 19.8 Å². The van der Waals surface area contributed by atoms with Crippen LogP contribution in [0.5, 0.6) is 0 Å². The summed E-state index contributed by atoms with van der Waals surface area (Å²) in [6, 6.07) is 35.1. The largest absolute Gasteiger partial charge is 0.383 e. The number of carbonyl (C=O) groups excluding carboxylic acids is 2. The Bertz CT molecular complexity index is 3370. The Labute approximate surface area is 495 Å². The number of likely N-dealkylation sites (tertiary alicyclic amines) is 2. The van der Waals surface area contributed by atoms with Gasteiger partial charge in [0.05, 0.1) is 35.9 Å². The molecule has 0 unspecified atom stereocenters. The summed E-state index contributed by atoms with van der Waals surface area (Å²) in [6.07, 6.45) is 29.6. The fourth-order valence-corrected chi connectivity index (χ4v) is 14.9. The normalized spacial score (nSPS) is 23.0. The van der Waals surface area contributed by atoms with Crippen molar-refractivity contribution in [1.82, 2.24) is 35.1 Å².